The molecule has 0 bridgehead atoms. The summed E-state index contributed by atoms with van der Waals surface area (Å²) in [6.45, 7) is 7.80. The first kappa shape index (κ1) is 23.8. The fourth-order valence-corrected chi connectivity index (χ4v) is 5.07. The predicted molar refractivity (Wildman–Crippen MR) is 123 cm³/mol. The van der Waals surface area contributed by atoms with Crippen LogP contribution in [0.15, 0.2) is 43.0 Å². The first-order valence-electron chi connectivity index (χ1n) is 11.7. The third kappa shape index (κ3) is 5.14. The third-order valence-electron chi connectivity index (χ3n) is 6.56. The van der Waals surface area contributed by atoms with E-state index in [1.165, 1.54) is 6.42 Å². The second-order valence-electron chi connectivity index (χ2n) is 8.66. The minimum absolute atomic E-state index is 0.0847. The van der Waals surface area contributed by atoms with Crippen molar-refractivity contribution in [1.82, 2.24) is 15.5 Å². The number of likely N-dealkylation sites (tertiary alicyclic amines) is 1. The van der Waals surface area contributed by atoms with E-state index < -0.39 is 23.9 Å². The monoisotopic (exact) mass is 441 g/mol. The van der Waals surface area contributed by atoms with E-state index in [0.717, 1.165) is 31.2 Å². The summed E-state index contributed by atoms with van der Waals surface area (Å²) in [5.41, 5.74) is 0.815. The average Bonchev–Trinajstić information content (AvgIpc) is 3.12. The van der Waals surface area contributed by atoms with Crippen LogP contribution in [0.1, 0.15) is 57.6 Å². The van der Waals surface area contributed by atoms with Crippen LogP contribution in [-0.4, -0.2) is 48.0 Å². The van der Waals surface area contributed by atoms with Gasteiger partial charge in [0, 0.05) is 18.5 Å². The third-order valence-corrected chi connectivity index (χ3v) is 6.56. The summed E-state index contributed by atoms with van der Waals surface area (Å²) in [7, 11) is 0. The van der Waals surface area contributed by atoms with Gasteiger partial charge in [-0.2, -0.15) is 0 Å². The van der Waals surface area contributed by atoms with Crippen molar-refractivity contribution in [2.24, 2.45) is 11.8 Å². The summed E-state index contributed by atoms with van der Waals surface area (Å²) in [4.78, 5) is 41.4. The molecule has 32 heavy (non-hydrogen) atoms. The van der Waals surface area contributed by atoms with Crippen LogP contribution >= 0.6 is 0 Å². The molecule has 0 aromatic heterocycles. The summed E-state index contributed by atoms with van der Waals surface area (Å²) >= 11 is 0. The number of nitrogens with zero attached hydrogens (tertiary/aromatic N) is 1. The number of urea groups is 1. The van der Waals surface area contributed by atoms with Crippen molar-refractivity contribution in [3.8, 4) is 0 Å². The fraction of sp³-hybridized carbons (Fsp3) is 0.560. The molecular weight excluding hydrogens is 406 g/mol. The zero-order valence-corrected chi connectivity index (χ0v) is 19.1. The highest BCUT2D eigenvalue weighted by Gasteiger charge is 2.55. The number of benzene rings is 1. The van der Waals surface area contributed by atoms with E-state index in [4.69, 9.17) is 4.74 Å². The Bertz CT molecular complexity index is 807. The van der Waals surface area contributed by atoms with Gasteiger partial charge in [0.05, 0.1) is 18.6 Å². The van der Waals surface area contributed by atoms with Gasteiger partial charge in [0.25, 0.3) is 0 Å². The Hall–Kier alpha value is -2.83. The summed E-state index contributed by atoms with van der Waals surface area (Å²) in [5, 5.41) is 5.97. The number of hydrogen-bond acceptors (Lipinski definition) is 4. The molecule has 1 aromatic carbocycles. The van der Waals surface area contributed by atoms with E-state index in [1.54, 1.807) is 17.9 Å². The van der Waals surface area contributed by atoms with Crippen molar-refractivity contribution in [2.75, 3.05) is 13.2 Å². The van der Waals surface area contributed by atoms with E-state index >= 15 is 0 Å². The van der Waals surface area contributed by atoms with Crippen LogP contribution in [0.2, 0.25) is 0 Å². The lowest BCUT2D eigenvalue weighted by Gasteiger charge is -2.33. The first-order chi connectivity index (χ1) is 15.5. The van der Waals surface area contributed by atoms with Gasteiger partial charge >= 0.3 is 12.0 Å². The van der Waals surface area contributed by atoms with Crippen molar-refractivity contribution in [1.29, 1.82) is 0 Å². The van der Waals surface area contributed by atoms with Gasteiger partial charge in [-0.25, -0.2) is 4.79 Å². The summed E-state index contributed by atoms with van der Waals surface area (Å²) in [5.74, 6) is -1.73. The molecule has 1 aliphatic carbocycles. The molecule has 7 nitrogen and oxygen atoms in total. The van der Waals surface area contributed by atoms with Crippen LogP contribution in [0, 0.1) is 11.8 Å². The maximum Gasteiger partial charge on any atom is 0.318 e. The smallest absolute Gasteiger partial charge is 0.318 e. The maximum absolute atomic E-state index is 13.6. The number of ether oxygens (including phenoxy) is 1. The van der Waals surface area contributed by atoms with Crippen LogP contribution < -0.4 is 10.6 Å². The molecule has 1 saturated heterocycles. The highest BCUT2D eigenvalue weighted by molar-refractivity contribution is 5.91. The van der Waals surface area contributed by atoms with Crippen molar-refractivity contribution >= 4 is 17.9 Å². The molecule has 0 radical (unpaired) electrons. The Labute approximate surface area is 190 Å². The highest BCUT2D eigenvalue weighted by Crippen LogP contribution is 2.45. The van der Waals surface area contributed by atoms with Crippen LogP contribution in [-0.2, 0) is 14.3 Å². The van der Waals surface area contributed by atoms with Crippen LogP contribution in [0.5, 0.6) is 0 Å². The van der Waals surface area contributed by atoms with Gasteiger partial charge in [0.1, 0.15) is 6.04 Å². The number of amides is 3. The standard InChI is InChI=1S/C25H35N3O4/c1-4-16-26-23(29)21-17(3)20(24(30)32-5-2)22(18-12-8-6-9-13-18)28(21)25(31)27-19-14-10-7-11-15-19/h4,6,8-9,12-13,17,19-22H,1,5,7,10-11,14-16H2,2-3H3,(H,26,29)(H,27,31). The minimum atomic E-state index is -0.793. The van der Waals surface area contributed by atoms with Gasteiger partial charge in [0.2, 0.25) is 5.91 Å². The molecule has 4 atom stereocenters. The molecule has 4 unspecified atom stereocenters. The molecule has 1 aliphatic heterocycles. The minimum Gasteiger partial charge on any atom is -0.466 e. The quantitative estimate of drug-likeness (QED) is 0.500. The maximum atomic E-state index is 13.6. The van der Waals surface area contributed by atoms with E-state index in [2.05, 4.69) is 17.2 Å². The lowest BCUT2D eigenvalue weighted by molar-refractivity contribution is -0.150. The van der Waals surface area contributed by atoms with Crippen LogP contribution in [0.4, 0.5) is 4.79 Å². The number of hydrogen-bond donors (Lipinski definition) is 2. The Morgan fingerprint density at radius 1 is 1.16 bits per heavy atom. The number of rotatable bonds is 7. The molecule has 3 rings (SSSR count). The SMILES string of the molecule is C=CCNC(=O)C1C(C)C(C(=O)OCC)C(c2ccccc2)N1C(=O)NC1CCCCC1. The number of esters is 1. The molecule has 174 valence electrons. The first-order valence-corrected chi connectivity index (χ1v) is 11.7. The van der Waals surface area contributed by atoms with Crippen molar-refractivity contribution in [3.05, 3.63) is 48.6 Å². The van der Waals surface area contributed by atoms with Gasteiger partial charge < -0.3 is 20.3 Å². The highest BCUT2D eigenvalue weighted by atomic mass is 16.5. The topological polar surface area (TPSA) is 87.7 Å². The Morgan fingerprint density at radius 3 is 2.47 bits per heavy atom. The molecule has 1 aromatic rings. The van der Waals surface area contributed by atoms with Gasteiger partial charge in [-0.15, -0.1) is 6.58 Å². The normalized spacial score (nSPS) is 25.8. The lowest BCUT2D eigenvalue weighted by Crippen LogP contribution is -2.53. The molecule has 3 amide bonds. The summed E-state index contributed by atoms with van der Waals surface area (Å²) < 4.78 is 5.39. The molecule has 1 heterocycles. The van der Waals surface area contributed by atoms with E-state index in [1.807, 2.05) is 37.3 Å². The van der Waals surface area contributed by atoms with E-state index in [-0.39, 0.29) is 30.6 Å². The second kappa shape index (κ2) is 11.2. The summed E-state index contributed by atoms with van der Waals surface area (Å²) in [6, 6.07) is 7.84. The number of carbonyl (C=O) groups is 3. The second-order valence-corrected chi connectivity index (χ2v) is 8.66. The number of carbonyl (C=O) groups excluding carboxylic acids is 3. The Balaban J connectivity index is 2.01. The molecule has 0 spiro atoms. The Morgan fingerprint density at radius 2 is 1.84 bits per heavy atom. The molecule has 1 saturated carbocycles. The van der Waals surface area contributed by atoms with Crippen molar-refractivity contribution in [2.45, 2.75) is 64.1 Å². The zero-order chi connectivity index (χ0) is 23.1. The van der Waals surface area contributed by atoms with E-state index in [0.29, 0.717) is 6.54 Å². The number of nitrogens with one attached hydrogen (secondary N) is 2. The van der Waals surface area contributed by atoms with Gasteiger partial charge in [0.15, 0.2) is 0 Å². The largest absolute Gasteiger partial charge is 0.466 e. The molecule has 2 fully saturated rings. The van der Waals surface area contributed by atoms with Crippen molar-refractivity contribution in [3.63, 3.8) is 0 Å². The van der Waals surface area contributed by atoms with Crippen molar-refractivity contribution < 1.29 is 19.1 Å². The van der Waals surface area contributed by atoms with Crippen LogP contribution in [0.25, 0.3) is 0 Å². The van der Waals surface area contributed by atoms with Gasteiger partial charge in [-0.05, 0) is 25.3 Å². The predicted octanol–water partition coefficient (Wildman–Crippen LogP) is 3.57. The molecule has 2 N–H and O–H groups in total. The fourth-order valence-electron chi connectivity index (χ4n) is 5.07. The zero-order valence-electron chi connectivity index (χ0n) is 19.1. The van der Waals surface area contributed by atoms with Gasteiger partial charge in [-0.3, -0.25) is 9.59 Å². The Kier molecular flexibility index (Phi) is 8.31. The summed E-state index contributed by atoms with van der Waals surface area (Å²) in [6.07, 6.45) is 6.80. The lowest BCUT2D eigenvalue weighted by atomic mass is 9.85. The van der Waals surface area contributed by atoms with Crippen LogP contribution in [0.3, 0.4) is 0 Å². The molecular formula is C25H35N3O4. The van der Waals surface area contributed by atoms with Gasteiger partial charge in [-0.1, -0.05) is 62.6 Å². The molecule has 2 aliphatic rings. The molecule has 7 heteroatoms. The average molecular weight is 442 g/mol. The van der Waals surface area contributed by atoms with E-state index in [9.17, 15) is 14.4 Å².